The Bertz CT molecular complexity index is 2500. The Morgan fingerprint density at radius 1 is 0.672 bits per heavy atom. The van der Waals surface area contributed by atoms with E-state index >= 15 is 0 Å². The van der Waals surface area contributed by atoms with Crippen LogP contribution in [0.15, 0.2) is 70.5 Å². The monoisotopic (exact) mass is 826 g/mol. The second kappa shape index (κ2) is 16.2. The van der Waals surface area contributed by atoms with Crippen molar-refractivity contribution >= 4 is 46.2 Å². The smallest absolute Gasteiger partial charge is 0.302 e. The van der Waals surface area contributed by atoms with Gasteiger partial charge in [0.25, 0.3) is 11.1 Å². The molecule has 0 saturated heterocycles. The van der Waals surface area contributed by atoms with Crippen LogP contribution in [0.1, 0.15) is 50.9 Å². The van der Waals surface area contributed by atoms with Crippen molar-refractivity contribution in [3.8, 4) is 33.6 Å². The fourth-order valence-electron chi connectivity index (χ4n) is 7.98. The van der Waals surface area contributed by atoms with E-state index < -0.39 is 0 Å². The summed E-state index contributed by atoms with van der Waals surface area (Å²) in [5, 5.41) is 17.2. The van der Waals surface area contributed by atoms with Crippen LogP contribution in [-0.4, -0.2) is 77.7 Å². The minimum absolute atomic E-state index is 0.0439. The van der Waals surface area contributed by atoms with Gasteiger partial charge in [-0.05, 0) is 51.7 Å². The van der Waals surface area contributed by atoms with Gasteiger partial charge in [0.15, 0.2) is 0 Å². The molecule has 0 unspecified atom stereocenters. The number of fused-ring (bicyclic) bond motifs is 2. The number of hydrogen-bond donors (Lipinski definition) is 2. The Balaban J connectivity index is 1.00. The molecule has 0 spiro atoms. The molecule has 14 nitrogen and oxygen atoms in total. The average molecular weight is 828 g/mol. The van der Waals surface area contributed by atoms with Gasteiger partial charge >= 0.3 is 11.9 Å². The maximum absolute atomic E-state index is 13.7. The topological polar surface area (TPSA) is 155 Å². The van der Waals surface area contributed by atoms with Gasteiger partial charge in [0.2, 0.25) is 0 Å². The summed E-state index contributed by atoms with van der Waals surface area (Å²) in [6.45, 7) is 8.73. The largest absolute Gasteiger partial charge is 0.462 e. The third-order valence-corrected chi connectivity index (χ3v) is 11.9. The number of carbonyl (C=O) groups is 2. The Morgan fingerprint density at radius 3 is 1.43 bits per heavy atom. The minimum atomic E-state index is -0.266. The average Bonchev–Trinajstić information content (AvgIpc) is 3.76. The fraction of sp³-hybridized carbons (Fsp3) is 0.381. The molecule has 0 aliphatic heterocycles. The van der Waals surface area contributed by atoms with Crippen molar-refractivity contribution in [1.82, 2.24) is 39.0 Å². The van der Waals surface area contributed by atoms with E-state index in [4.69, 9.17) is 42.9 Å². The van der Waals surface area contributed by atoms with Crippen LogP contribution in [0.3, 0.4) is 0 Å². The lowest BCUT2D eigenvalue weighted by atomic mass is 9.89. The van der Waals surface area contributed by atoms with Crippen LogP contribution in [0, 0.1) is 13.8 Å². The molecule has 2 aliphatic carbocycles. The van der Waals surface area contributed by atoms with E-state index in [1.165, 1.54) is 13.8 Å². The van der Waals surface area contributed by atoms with Crippen LogP contribution >= 0.6 is 23.2 Å². The molecule has 0 radical (unpaired) electrons. The van der Waals surface area contributed by atoms with E-state index in [-0.39, 0.29) is 47.3 Å². The molecule has 16 heteroatoms. The summed E-state index contributed by atoms with van der Waals surface area (Å²) in [7, 11) is 0. The lowest BCUT2D eigenvalue weighted by Crippen LogP contribution is -2.47. The molecule has 2 fully saturated rings. The van der Waals surface area contributed by atoms with E-state index in [2.05, 4.69) is 10.6 Å². The first kappa shape index (κ1) is 39.5. The highest BCUT2D eigenvalue weighted by molar-refractivity contribution is 6.39. The summed E-state index contributed by atoms with van der Waals surface area (Å²) in [6.07, 6.45) is 6.63. The van der Waals surface area contributed by atoms with E-state index in [9.17, 15) is 19.2 Å². The predicted molar refractivity (Wildman–Crippen MR) is 221 cm³/mol. The van der Waals surface area contributed by atoms with Crippen LogP contribution in [0.5, 0.6) is 0 Å². The standard InChI is InChI=1S/C42H44Cl2N8O6/c1-23-21-51-37(41(55)49(23)13-11-45-27-15-29(16-27)57-25(3)53)19-35(47-51)33-9-5-7-31(39(33)43)32-8-6-10-34(40(32)44)36-20-38-42(56)50(24(2)22-52(38)48-36)14-12-46-28-17-30(18-28)58-26(4)54/h5-10,19-22,27-30,45-46H,11-18H2,1-4H3. The summed E-state index contributed by atoms with van der Waals surface area (Å²) in [5.74, 6) is -0.531. The van der Waals surface area contributed by atoms with Crippen molar-refractivity contribution in [3.05, 3.63) is 103 Å². The molecular formula is C42H44Cl2N8O6. The molecule has 0 amide bonds. The minimum Gasteiger partial charge on any atom is -0.462 e. The van der Waals surface area contributed by atoms with Gasteiger partial charge in [-0.1, -0.05) is 59.6 Å². The summed E-state index contributed by atoms with van der Waals surface area (Å²) >= 11 is 14.3. The summed E-state index contributed by atoms with van der Waals surface area (Å²) in [5.41, 5.74) is 5.77. The Labute approximate surface area is 343 Å². The third kappa shape index (κ3) is 7.81. The Kier molecular flexibility index (Phi) is 11.0. The van der Waals surface area contributed by atoms with Gasteiger partial charge in [-0.3, -0.25) is 19.2 Å². The number of aryl methyl sites for hydroxylation is 2. The van der Waals surface area contributed by atoms with Crippen LogP contribution in [-0.2, 0) is 32.2 Å². The number of aromatic nitrogens is 6. The van der Waals surface area contributed by atoms with Gasteiger partial charge in [-0.15, -0.1) is 0 Å². The molecule has 2 saturated carbocycles. The molecule has 0 bridgehead atoms. The van der Waals surface area contributed by atoms with Crippen molar-refractivity contribution < 1.29 is 19.1 Å². The van der Waals surface area contributed by atoms with Gasteiger partial charge in [0.1, 0.15) is 23.2 Å². The van der Waals surface area contributed by atoms with Crippen molar-refractivity contribution in [3.63, 3.8) is 0 Å². The number of benzene rings is 2. The normalized spacial score (nSPS) is 18.9. The molecule has 2 aliphatic rings. The zero-order valence-electron chi connectivity index (χ0n) is 32.6. The van der Waals surface area contributed by atoms with Crippen LogP contribution in [0.4, 0.5) is 0 Å². The van der Waals surface area contributed by atoms with E-state index in [0.717, 1.165) is 37.1 Å². The number of esters is 2. The van der Waals surface area contributed by atoms with E-state index in [1.54, 1.807) is 30.3 Å². The molecule has 8 rings (SSSR count). The lowest BCUT2D eigenvalue weighted by molar-refractivity contribution is -0.152. The van der Waals surface area contributed by atoms with Crippen LogP contribution in [0.25, 0.3) is 44.7 Å². The molecule has 58 heavy (non-hydrogen) atoms. The molecular weight excluding hydrogens is 783 g/mol. The number of ether oxygens (including phenoxy) is 2. The maximum atomic E-state index is 13.7. The molecule has 302 valence electrons. The Morgan fingerprint density at radius 2 is 1.05 bits per heavy atom. The number of halogens is 2. The maximum Gasteiger partial charge on any atom is 0.302 e. The first-order valence-corrected chi connectivity index (χ1v) is 20.2. The zero-order chi connectivity index (χ0) is 40.8. The molecule has 4 aromatic heterocycles. The second-order valence-corrected chi connectivity index (χ2v) is 16.0. The van der Waals surface area contributed by atoms with E-state index in [1.807, 2.05) is 62.6 Å². The van der Waals surface area contributed by atoms with Crippen molar-refractivity contribution in [2.75, 3.05) is 13.1 Å². The number of rotatable bonds is 13. The van der Waals surface area contributed by atoms with Crippen molar-refractivity contribution in [2.24, 2.45) is 0 Å². The molecule has 2 N–H and O–H groups in total. The van der Waals surface area contributed by atoms with Gasteiger partial charge in [0, 0.05) is 98.1 Å². The predicted octanol–water partition coefficient (Wildman–Crippen LogP) is 5.60. The van der Waals surface area contributed by atoms with Gasteiger partial charge in [-0.2, -0.15) is 10.2 Å². The van der Waals surface area contributed by atoms with Crippen molar-refractivity contribution in [2.45, 2.75) is 90.8 Å². The third-order valence-electron chi connectivity index (χ3n) is 11.1. The number of nitrogens with one attached hydrogen (secondary N) is 2. The molecule has 2 aromatic carbocycles. The molecule has 6 aromatic rings. The molecule has 0 atom stereocenters. The first-order chi connectivity index (χ1) is 27.8. The number of nitrogens with zero attached hydrogens (tertiary/aromatic N) is 6. The van der Waals surface area contributed by atoms with Crippen LogP contribution < -0.4 is 21.8 Å². The number of hydrogen-bond acceptors (Lipinski definition) is 10. The lowest BCUT2D eigenvalue weighted by Gasteiger charge is -2.35. The SMILES string of the molecule is CC(=O)OC1CC(NCCn2c(C)cn3nc(-c4cccc(-c5cccc(-c6cc7c(=O)n(CCNC8CC(OC(C)=O)C8)c(C)cn7n6)c5Cl)c4Cl)cc3c2=O)C1. The highest BCUT2D eigenvalue weighted by atomic mass is 35.5. The summed E-state index contributed by atoms with van der Waals surface area (Å²) < 4.78 is 17.1. The van der Waals surface area contributed by atoms with Gasteiger partial charge in [0.05, 0.1) is 21.4 Å². The van der Waals surface area contributed by atoms with Crippen LogP contribution in [0.2, 0.25) is 10.0 Å². The second-order valence-electron chi connectivity index (χ2n) is 15.2. The van der Waals surface area contributed by atoms with E-state index in [0.29, 0.717) is 80.9 Å². The Hall–Kier alpha value is -5.28. The van der Waals surface area contributed by atoms with Gasteiger partial charge < -0.3 is 29.2 Å². The highest BCUT2D eigenvalue weighted by Crippen LogP contribution is 2.42. The quantitative estimate of drug-likeness (QED) is 0.141. The first-order valence-electron chi connectivity index (χ1n) is 19.4. The van der Waals surface area contributed by atoms with Gasteiger partial charge in [-0.25, -0.2) is 9.03 Å². The number of carbonyl (C=O) groups excluding carboxylic acids is 2. The molecule has 4 heterocycles. The summed E-state index contributed by atoms with van der Waals surface area (Å²) in [6, 6.07) is 15.2. The highest BCUT2D eigenvalue weighted by Gasteiger charge is 2.32. The zero-order valence-corrected chi connectivity index (χ0v) is 34.1. The summed E-state index contributed by atoms with van der Waals surface area (Å²) in [4.78, 5) is 49.8. The van der Waals surface area contributed by atoms with Crippen molar-refractivity contribution in [1.29, 1.82) is 0 Å². The fourth-order valence-corrected chi connectivity index (χ4v) is 8.63.